The van der Waals surface area contributed by atoms with Gasteiger partial charge < -0.3 is 10.2 Å². The molecule has 2 rings (SSSR count). The second-order valence-electron chi connectivity index (χ2n) is 5.60. The molecule has 0 aliphatic carbocycles. The van der Waals surface area contributed by atoms with Gasteiger partial charge in [0.15, 0.2) is 0 Å². The number of benzene rings is 1. The summed E-state index contributed by atoms with van der Waals surface area (Å²) in [5, 5.41) is 3.33. The number of piperazine rings is 1. The van der Waals surface area contributed by atoms with Crippen molar-refractivity contribution in [3.63, 3.8) is 0 Å². The fourth-order valence-electron chi connectivity index (χ4n) is 2.64. The van der Waals surface area contributed by atoms with E-state index < -0.39 is 11.7 Å². The standard InChI is InChI=1S/C16H23F3N2/c17-16(18,19)15-7-5-14(6-8-15)4-2-1-3-11-21-12-9-20-10-13-21/h5-8,20H,1-4,9-13H2. The van der Waals surface area contributed by atoms with Crippen LogP contribution in [0, 0.1) is 0 Å². The Labute approximate surface area is 124 Å². The highest BCUT2D eigenvalue weighted by Crippen LogP contribution is 2.29. The Bertz CT molecular complexity index is 409. The number of hydrogen-bond donors (Lipinski definition) is 1. The normalized spacial score (nSPS) is 17.1. The molecule has 1 aromatic carbocycles. The average Bonchev–Trinajstić information content (AvgIpc) is 2.47. The van der Waals surface area contributed by atoms with Crippen molar-refractivity contribution in [1.29, 1.82) is 0 Å². The van der Waals surface area contributed by atoms with Crippen LogP contribution in [0.25, 0.3) is 0 Å². The van der Waals surface area contributed by atoms with E-state index >= 15 is 0 Å². The van der Waals surface area contributed by atoms with Gasteiger partial charge in [-0.2, -0.15) is 13.2 Å². The smallest absolute Gasteiger partial charge is 0.314 e. The van der Waals surface area contributed by atoms with E-state index in [1.807, 2.05) is 0 Å². The maximum atomic E-state index is 12.4. The minimum Gasteiger partial charge on any atom is -0.314 e. The Kier molecular flexibility index (Phi) is 6.06. The Morgan fingerprint density at radius 1 is 0.952 bits per heavy atom. The zero-order valence-corrected chi connectivity index (χ0v) is 12.3. The molecule has 0 aromatic heterocycles. The monoisotopic (exact) mass is 300 g/mol. The van der Waals surface area contributed by atoms with Crippen LogP contribution in [0.3, 0.4) is 0 Å². The van der Waals surface area contributed by atoms with Crippen molar-refractivity contribution in [3.8, 4) is 0 Å². The van der Waals surface area contributed by atoms with Crippen LogP contribution >= 0.6 is 0 Å². The summed E-state index contributed by atoms with van der Waals surface area (Å²) in [4.78, 5) is 2.47. The van der Waals surface area contributed by atoms with Crippen molar-refractivity contribution in [1.82, 2.24) is 10.2 Å². The molecular weight excluding hydrogens is 277 g/mol. The number of nitrogens with one attached hydrogen (secondary N) is 1. The van der Waals surface area contributed by atoms with Gasteiger partial charge in [0, 0.05) is 26.2 Å². The van der Waals surface area contributed by atoms with Crippen molar-refractivity contribution in [2.45, 2.75) is 31.9 Å². The zero-order chi connectivity index (χ0) is 15.1. The summed E-state index contributed by atoms with van der Waals surface area (Å²) in [6, 6.07) is 5.55. The molecule has 5 heteroatoms. The first-order valence-corrected chi connectivity index (χ1v) is 7.65. The Morgan fingerprint density at radius 3 is 2.24 bits per heavy atom. The summed E-state index contributed by atoms with van der Waals surface area (Å²) in [5.74, 6) is 0. The van der Waals surface area contributed by atoms with Gasteiger partial charge in [0.05, 0.1) is 5.56 Å². The molecule has 21 heavy (non-hydrogen) atoms. The molecule has 1 aromatic rings. The molecule has 0 saturated carbocycles. The number of unbranched alkanes of at least 4 members (excludes halogenated alkanes) is 2. The van der Waals surface area contributed by atoms with E-state index in [0.29, 0.717) is 0 Å². The minimum absolute atomic E-state index is 0.565. The van der Waals surface area contributed by atoms with Crippen molar-refractivity contribution < 1.29 is 13.2 Å². The lowest BCUT2D eigenvalue weighted by Crippen LogP contribution is -2.43. The van der Waals surface area contributed by atoms with Gasteiger partial charge in [-0.3, -0.25) is 0 Å². The number of alkyl halides is 3. The van der Waals surface area contributed by atoms with Crippen molar-refractivity contribution >= 4 is 0 Å². The molecule has 1 aliphatic heterocycles. The number of hydrogen-bond acceptors (Lipinski definition) is 2. The lowest BCUT2D eigenvalue weighted by atomic mass is 10.0. The van der Waals surface area contributed by atoms with E-state index in [0.717, 1.165) is 57.5 Å². The van der Waals surface area contributed by atoms with Gasteiger partial charge >= 0.3 is 6.18 Å². The molecule has 0 amide bonds. The highest BCUT2D eigenvalue weighted by atomic mass is 19.4. The lowest BCUT2D eigenvalue weighted by Gasteiger charge is -2.27. The molecule has 1 aliphatic rings. The summed E-state index contributed by atoms with van der Waals surface area (Å²) >= 11 is 0. The third-order valence-corrected chi connectivity index (χ3v) is 3.93. The Morgan fingerprint density at radius 2 is 1.62 bits per heavy atom. The predicted octanol–water partition coefficient (Wildman–Crippen LogP) is 3.32. The third kappa shape index (κ3) is 5.67. The van der Waals surface area contributed by atoms with E-state index in [1.165, 1.54) is 18.6 Å². The lowest BCUT2D eigenvalue weighted by molar-refractivity contribution is -0.137. The number of aryl methyl sites for hydroxylation is 1. The molecule has 118 valence electrons. The molecule has 2 nitrogen and oxygen atoms in total. The second kappa shape index (κ2) is 7.80. The maximum absolute atomic E-state index is 12.4. The van der Waals surface area contributed by atoms with Crippen LogP contribution in [-0.4, -0.2) is 37.6 Å². The molecule has 0 radical (unpaired) electrons. The fraction of sp³-hybridized carbons (Fsp3) is 0.625. The second-order valence-corrected chi connectivity index (χ2v) is 5.60. The molecule has 1 N–H and O–H groups in total. The van der Waals surface area contributed by atoms with E-state index in [1.54, 1.807) is 12.1 Å². The topological polar surface area (TPSA) is 15.3 Å². The molecule has 0 spiro atoms. The first kappa shape index (κ1) is 16.3. The van der Waals surface area contributed by atoms with Crippen molar-refractivity contribution in [2.24, 2.45) is 0 Å². The van der Waals surface area contributed by atoms with Crippen LogP contribution < -0.4 is 5.32 Å². The summed E-state index contributed by atoms with van der Waals surface area (Å²) in [6.45, 7) is 5.53. The Hall–Kier alpha value is -1.07. The van der Waals surface area contributed by atoms with Crippen LogP contribution in [-0.2, 0) is 12.6 Å². The van der Waals surface area contributed by atoms with E-state index in [-0.39, 0.29) is 0 Å². The van der Waals surface area contributed by atoms with E-state index in [9.17, 15) is 13.2 Å². The molecule has 1 saturated heterocycles. The summed E-state index contributed by atoms with van der Waals surface area (Å²) in [5.41, 5.74) is 0.426. The summed E-state index contributed by atoms with van der Waals surface area (Å²) in [6.07, 6.45) is -0.0371. The van der Waals surface area contributed by atoms with Gasteiger partial charge in [-0.1, -0.05) is 18.6 Å². The quantitative estimate of drug-likeness (QED) is 0.811. The maximum Gasteiger partial charge on any atom is 0.416 e. The van der Waals surface area contributed by atoms with E-state index in [2.05, 4.69) is 10.2 Å². The third-order valence-electron chi connectivity index (χ3n) is 3.93. The van der Waals surface area contributed by atoms with Gasteiger partial charge in [-0.05, 0) is 43.5 Å². The number of halogens is 3. The SMILES string of the molecule is FC(F)(F)c1ccc(CCCCCN2CCNCC2)cc1. The largest absolute Gasteiger partial charge is 0.416 e. The van der Waals surface area contributed by atoms with Gasteiger partial charge in [-0.15, -0.1) is 0 Å². The highest BCUT2D eigenvalue weighted by molar-refractivity contribution is 5.24. The first-order valence-electron chi connectivity index (χ1n) is 7.65. The molecule has 0 unspecified atom stereocenters. The zero-order valence-electron chi connectivity index (χ0n) is 12.3. The van der Waals surface area contributed by atoms with E-state index in [4.69, 9.17) is 0 Å². The molecule has 1 heterocycles. The fourth-order valence-corrected chi connectivity index (χ4v) is 2.64. The predicted molar refractivity (Wildman–Crippen MR) is 78.3 cm³/mol. The van der Waals surface area contributed by atoms with Crippen LogP contribution in [0.1, 0.15) is 30.4 Å². The Balaban J connectivity index is 1.62. The van der Waals surface area contributed by atoms with Crippen LogP contribution in [0.15, 0.2) is 24.3 Å². The van der Waals surface area contributed by atoms with Crippen LogP contribution in [0.4, 0.5) is 13.2 Å². The minimum atomic E-state index is -4.23. The molecular formula is C16H23F3N2. The van der Waals surface area contributed by atoms with Gasteiger partial charge in [0.25, 0.3) is 0 Å². The summed E-state index contributed by atoms with van der Waals surface area (Å²) < 4.78 is 37.3. The summed E-state index contributed by atoms with van der Waals surface area (Å²) in [7, 11) is 0. The van der Waals surface area contributed by atoms with Crippen LogP contribution in [0.5, 0.6) is 0 Å². The van der Waals surface area contributed by atoms with Crippen molar-refractivity contribution in [3.05, 3.63) is 35.4 Å². The van der Waals surface area contributed by atoms with Crippen molar-refractivity contribution in [2.75, 3.05) is 32.7 Å². The molecule has 0 bridgehead atoms. The first-order chi connectivity index (χ1) is 10.1. The van der Waals surface area contributed by atoms with Gasteiger partial charge in [0.1, 0.15) is 0 Å². The highest BCUT2D eigenvalue weighted by Gasteiger charge is 2.29. The van der Waals surface area contributed by atoms with Crippen LogP contribution in [0.2, 0.25) is 0 Å². The molecule has 1 fully saturated rings. The average molecular weight is 300 g/mol. The van der Waals surface area contributed by atoms with Gasteiger partial charge in [0.2, 0.25) is 0 Å². The van der Waals surface area contributed by atoms with Gasteiger partial charge in [-0.25, -0.2) is 0 Å². The number of nitrogens with zero attached hydrogens (tertiary/aromatic N) is 1. The number of rotatable bonds is 6. The molecule has 0 atom stereocenters.